The number of aromatic nitrogens is 4. The van der Waals surface area contributed by atoms with Crippen molar-refractivity contribution >= 4 is 5.95 Å². The Labute approximate surface area is 159 Å². The lowest BCUT2D eigenvalue weighted by Crippen LogP contribution is -2.40. The van der Waals surface area contributed by atoms with E-state index in [1.807, 2.05) is 0 Å². The number of imidazole rings is 1. The molecule has 0 saturated carbocycles. The summed E-state index contributed by atoms with van der Waals surface area (Å²) in [6.45, 7) is 1.26. The number of ether oxygens (including phenoxy) is 1. The number of rotatable bonds is 7. The van der Waals surface area contributed by atoms with E-state index in [9.17, 15) is 13.2 Å². The first-order chi connectivity index (χ1) is 13.6. The highest BCUT2D eigenvalue weighted by molar-refractivity contribution is 5.77. The van der Waals surface area contributed by atoms with E-state index in [4.69, 9.17) is 4.74 Å². The fourth-order valence-electron chi connectivity index (χ4n) is 2.94. The van der Waals surface area contributed by atoms with Crippen LogP contribution in [0.15, 0.2) is 42.9 Å². The van der Waals surface area contributed by atoms with Gasteiger partial charge in [-0.3, -0.25) is 0 Å². The monoisotopic (exact) mass is 389 g/mol. The topological polar surface area (TPSA) is 64.9 Å². The maximum atomic E-state index is 13.3. The first-order valence-corrected chi connectivity index (χ1v) is 8.87. The smallest absolute Gasteiger partial charge is 0.240 e. The van der Waals surface area contributed by atoms with Gasteiger partial charge < -0.3 is 14.6 Å². The summed E-state index contributed by atoms with van der Waals surface area (Å²) < 4.78 is 45.6. The molecule has 3 heterocycles. The average Bonchev–Trinajstić information content (AvgIpc) is 3.08. The maximum Gasteiger partial charge on any atom is 0.240 e. The Morgan fingerprint density at radius 3 is 2.61 bits per heavy atom. The Hall–Kier alpha value is -2.94. The minimum Gasteiger partial charge on any atom is -0.377 e. The molecule has 0 spiro atoms. The quantitative estimate of drug-likeness (QED) is 0.669. The fraction of sp³-hybridized carbons (Fsp3) is 0.316. The highest BCUT2D eigenvalue weighted by Gasteiger charge is 2.21. The SMILES string of the molecule is Fc1ccc(-c2ncn(CCC(F)F)c2-c2ccnc(NC3COC3)n2)cc1. The summed E-state index contributed by atoms with van der Waals surface area (Å²) in [4.78, 5) is 13.1. The third kappa shape index (κ3) is 3.99. The predicted octanol–water partition coefficient (Wildman–Crippen LogP) is 3.61. The predicted molar refractivity (Wildman–Crippen MR) is 97.5 cm³/mol. The van der Waals surface area contributed by atoms with Gasteiger partial charge in [-0.15, -0.1) is 0 Å². The second kappa shape index (κ2) is 7.97. The van der Waals surface area contributed by atoms with Crippen molar-refractivity contribution in [1.82, 2.24) is 19.5 Å². The largest absolute Gasteiger partial charge is 0.377 e. The van der Waals surface area contributed by atoms with Crippen LogP contribution < -0.4 is 5.32 Å². The zero-order chi connectivity index (χ0) is 19.5. The molecule has 6 nitrogen and oxygen atoms in total. The first-order valence-electron chi connectivity index (χ1n) is 8.87. The Morgan fingerprint density at radius 1 is 1.14 bits per heavy atom. The van der Waals surface area contributed by atoms with Crippen molar-refractivity contribution in [3.05, 3.63) is 48.7 Å². The number of nitrogens with zero attached hydrogens (tertiary/aromatic N) is 4. The van der Waals surface area contributed by atoms with Crippen LogP contribution in [0.4, 0.5) is 19.1 Å². The summed E-state index contributed by atoms with van der Waals surface area (Å²) in [5, 5.41) is 3.17. The molecule has 0 unspecified atom stereocenters. The number of hydrogen-bond acceptors (Lipinski definition) is 5. The van der Waals surface area contributed by atoms with Crippen LogP contribution in [0.5, 0.6) is 0 Å². The summed E-state index contributed by atoms with van der Waals surface area (Å²) in [7, 11) is 0. The molecule has 0 radical (unpaired) electrons. The van der Waals surface area contributed by atoms with Crippen LogP contribution >= 0.6 is 0 Å². The van der Waals surface area contributed by atoms with Crippen molar-refractivity contribution < 1.29 is 17.9 Å². The summed E-state index contributed by atoms with van der Waals surface area (Å²) in [6, 6.07) is 7.72. The van der Waals surface area contributed by atoms with Crippen LogP contribution in [0.1, 0.15) is 6.42 Å². The lowest BCUT2D eigenvalue weighted by Gasteiger charge is -2.26. The van der Waals surface area contributed by atoms with E-state index in [0.29, 0.717) is 41.8 Å². The summed E-state index contributed by atoms with van der Waals surface area (Å²) in [6.07, 6.45) is 0.377. The molecule has 9 heteroatoms. The average molecular weight is 389 g/mol. The number of hydrogen-bond donors (Lipinski definition) is 1. The van der Waals surface area contributed by atoms with Crippen molar-refractivity contribution in [2.75, 3.05) is 18.5 Å². The summed E-state index contributed by atoms with van der Waals surface area (Å²) in [5.74, 6) is 0.0659. The number of anilines is 1. The molecule has 1 aliphatic heterocycles. The van der Waals surface area contributed by atoms with Gasteiger partial charge in [0, 0.05) is 24.7 Å². The van der Waals surface area contributed by atoms with E-state index in [-0.39, 0.29) is 24.8 Å². The third-order valence-electron chi connectivity index (χ3n) is 4.41. The minimum atomic E-state index is -2.43. The lowest BCUT2D eigenvalue weighted by atomic mass is 10.1. The lowest BCUT2D eigenvalue weighted by molar-refractivity contribution is 0.0208. The third-order valence-corrected chi connectivity index (χ3v) is 4.41. The first kappa shape index (κ1) is 18.4. The van der Waals surface area contributed by atoms with Gasteiger partial charge in [0.15, 0.2) is 0 Å². The standard InChI is InChI=1S/C19H18F3N5O/c20-13-3-1-12(2-4-13)17-18(27(11-24-17)8-6-16(21)22)15-5-7-23-19(26-15)25-14-9-28-10-14/h1-5,7,11,14,16H,6,8-10H2,(H,23,25,26). The maximum absolute atomic E-state index is 13.3. The van der Waals surface area contributed by atoms with E-state index in [2.05, 4.69) is 20.3 Å². The highest BCUT2D eigenvalue weighted by Crippen LogP contribution is 2.31. The molecule has 4 rings (SSSR count). The molecule has 1 aromatic carbocycles. The molecular weight excluding hydrogens is 371 g/mol. The summed E-state index contributed by atoms with van der Waals surface area (Å²) >= 11 is 0. The molecule has 1 aliphatic rings. The fourth-order valence-corrected chi connectivity index (χ4v) is 2.94. The molecule has 1 saturated heterocycles. The molecular formula is C19H18F3N5O. The number of aryl methyl sites for hydroxylation is 1. The van der Waals surface area contributed by atoms with Crippen LogP contribution in [0.25, 0.3) is 22.6 Å². The van der Waals surface area contributed by atoms with Gasteiger partial charge in [0.05, 0.1) is 42.7 Å². The molecule has 1 N–H and O–H groups in total. The molecule has 28 heavy (non-hydrogen) atoms. The number of nitrogens with one attached hydrogen (secondary N) is 1. The Kier molecular flexibility index (Phi) is 5.25. The Balaban J connectivity index is 1.73. The zero-order valence-corrected chi connectivity index (χ0v) is 14.9. The minimum absolute atomic E-state index is 0.0877. The van der Waals surface area contributed by atoms with Crippen LogP contribution in [-0.4, -0.2) is 45.2 Å². The Bertz CT molecular complexity index is 941. The van der Waals surface area contributed by atoms with Gasteiger partial charge >= 0.3 is 0 Å². The zero-order valence-electron chi connectivity index (χ0n) is 14.9. The van der Waals surface area contributed by atoms with E-state index in [0.717, 1.165) is 0 Å². The summed E-state index contributed by atoms with van der Waals surface area (Å²) in [5.41, 5.74) is 2.35. The van der Waals surface area contributed by atoms with Crippen molar-refractivity contribution in [3.63, 3.8) is 0 Å². The van der Waals surface area contributed by atoms with Crippen molar-refractivity contribution in [3.8, 4) is 22.6 Å². The highest BCUT2D eigenvalue weighted by atomic mass is 19.3. The molecule has 3 aromatic rings. The Morgan fingerprint density at radius 2 is 1.93 bits per heavy atom. The van der Waals surface area contributed by atoms with Crippen LogP contribution in [0.2, 0.25) is 0 Å². The van der Waals surface area contributed by atoms with Crippen molar-refractivity contribution in [2.24, 2.45) is 0 Å². The van der Waals surface area contributed by atoms with Crippen LogP contribution in [-0.2, 0) is 11.3 Å². The van der Waals surface area contributed by atoms with Gasteiger partial charge in [0.1, 0.15) is 5.82 Å². The molecule has 1 fully saturated rings. The number of alkyl halides is 2. The second-order valence-corrected chi connectivity index (χ2v) is 6.47. The van der Waals surface area contributed by atoms with Gasteiger partial charge in [0.25, 0.3) is 0 Å². The van der Waals surface area contributed by atoms with Gasteiger partial charge in [-0.25, -0.2) is 28.1 Å². The molecule has 0 bridgehead atoms. The molecule has 0 aliphatic carbocycles. The van der Waals surface area contributed by atoms with E-state index < -0.39 is 6.43 Å². The number of halogens is 3. The normalized spacial score (nSPS) is 14.3. The molecule has 0 amide bonds. The molecule has 2 aromatic heterocycles. The van der Waals surface area contributed by atoms with E-state index in [1.54, 1.807) is 29.0 Å². The second-order valence-electron chi connectivity index (χ2n) is 6.47. The van der Waals surface area contributed by atoms with E-state index in [1.165, 1.54) is 18.5 Å². The van der Waals surface area contributed by atoms with Crippen molar-refractivity contribution in [2.45, 2.75) is 25.4 Å². The van der Waals surface area contributed by atoms with Crippen LogP contribution in [0.3, 0.4) is 0 Å². The van der Waals surface area contributed by atoms with Gasteiger partial charge in [0.2, 0.25) is 12.4 Å². The van der Waals surface area contributed by atoms with Gasteiger partial charge in [-0.2, -0.15) is 0 Å². The van der Waals surface area contributed by atoms with Gasteiger partial charge in [-0.05, 0) is 30.3 Å². The molecule has 146 valence electrons. The van der Waals surface area contributed by atoms with E-state index >= 15 is 0 Å². The van der Waals surface area contributed by atoms with Gasteiger partial charge in [-0.1, -0.05) is 0 Å². The van der Waals surface area contributed by atoms with Crippen molar-refractivity contribution in [1.29, 1.82) is 0 Å². The van der Waals surface area contributed by atoms with Crippen LogP contribution in [0, 0.1) is 5.82 Å². The molecule has 0 atom stereocenters. The number of benzene rings is 1.